The molecular formula is C11H17NO6. The van der Waals surface area contributed by atoms with Gasteiger partial charge in [0.1, 0.15) is 0 Å². The molecule has 7 heteroatoms. The third kappa shape index (κ3) is 5.24. The molecule has 2 N–H and O–H groups in total. The van der Waals surface area contributed by atoms with Crippen molar-refractivity contribution in [3.63, 3.8) is 0 Å². The van der Waals surface area contributed by atoms with Gasteiger partial charge in [0.15, 0.2) is 11.9 Å². The van der Waals surface area contributed by atoms with E-state index in [4.69, 9.17) is 14.6 Å². The summed E-state index contributed by atoms with van der Waals surface area (Å²) < 4.78 is 10.0. The van der Waals surface area contributed by atoms with Crippen LogP contribution in [0.3, 0.4) is 0 Å². The number of ether oxygens (including phenoxy) is 2. The Balaban J connectivity index is 1.99. The van der Waals surface area contributed by atoms with E-state index in [-0.39, 0.29) is 25.2 Å². The molecule has 1 rings (SSSR count). The fraction of sp³-hybridized carbons (Fsp3) is 0.727. The predicted molar refractivity (Wildman–Crippen MR) is 60.1 cm³/mol. The number of hydrogen-bond acceptors (Lipinski definition) is 5. The van der Waals surface area contributed by atoms with Crippen molar-refractivity contribution in [3.05, 3.63) is 0 Å². The Morgan fingerprint density at radius 3 is 2.83 bits per heavy atom. The van der Waals surface area contributed by atoms with Crippen molar-refractivity contribution >= 4 is 17.7 Å². The number of aliphatic carboxylic acids is 1. The summed E-state index contributed by atoms with van der Waals surface area (Å²) in [4.78, 5) is 32.8. The van der Waals surface area contributed by atoms with Crippen molar-refractivity contribution in [2.75, 3.05) is 26.4 Å². The molecule has 1 atom stereocenters. The highest BCUT2D eigenvalue weighted by Gasteiger charge is 2.31. The highest BCUT2D eigenvalue weighted by molar-refractivity contribution is 6.05. The van der Waals surface area contributed by atoms with Crippen LogP contribution in [0.4, 0.5) is 0 Å². The molecule has 0 aromatic rings. The molecule has 1 amide bonds. The van der Waals surface area contributed by atoms with E-state index >= 15 is 0 Å². The topological polar surface area (TPSA) is 102 Å². The van der Waals surface area contributed by atoms with E-state index in [1.54, 1.807) is 0 Å². The molecule has 0 spiro atoms. The number of carboxylic acids is 1. The third-order valence-corrected chi connectivity index (χ3v) is 2.39. The summed E-state index contributed by atoms with van der Waals surface area (Å²) in [5.41, 5.74) is 0. The van der Waals surface area contributed by atoms with Crippen LogP contribution in [0.5, 0.6) is 0 Å². The number of rotatable bonds is 8. The largest absolute Gasteiger partial charge is 0.481 e. The maximum atomic E-state index is 11.5. The van der Waals surface area contributed by atoms with Crippen LogP contribution in [-0.2, 0) is 23.9 Å². The fourth-order valence-electron chi connectivity index (χ4n) is 1.46. The van der Waals surface area contributed by atoms with E-state index in [9.17, 15) is 14.4 Å². The first-order chi connectivity index (χ1) is 8.61. The van der Waals surface area contributed by atoms with Gasteiger partial charge in [-0.25, -0.2) is 0 Å². The van der Waals surface area contributed by atoms with Crippen molar-refractivity contribution < 1.29 is 29.0 Å². The van der Waals surface area contributed by atoms with Gasteiger partial charge >= 0.3 is 5.97 Å². The Kier molecular flexibility index (Phi) is 6.31. The molecule has 1 aliphatic heterocycles. The molecule has 1 heterocycles. The summed E-state index contributed by atoms with van der Waals surface area (Å²) in [6, 6.07) is 0. The lowest BCUT2D eigenvalue weighted by atomic mass is 10.2. The van der Waals surface area contributed by atoms with Crippen molar-refractivity contribution in [2.45, 2.75) is 25.4 Å². The zero-order valence-corrected chi connectivity index (χ0v) is 10.0. The van der Waals surface area contributed by atoms with Gasteiger partial charge in [0.05, 0.1) is 19.6 Å². The zero-order valence-electron chi connectivity index (χ0n) is 10.0. The lowest BCUT2D eigenvalue weighted by Crippen LogP contribution is -2.38. The molecule has 0 saturated carbocycles. The summed E-state index contributed by atoms with van der Waals surface area (Å²) >= 11 is 0. The second-order valence-electron chi connectivity index (χ2n) is 3.87. The summed E-state index contributed by atoms with van der Waals surface area (Å²) in [6.07, 6.45) is -0.141. The summed E-state index contributed by atoms with van der Waals surface area (Å²) in [6.45, 7) is 1.20. The third-order valence-electron chi connectivity index (χ3n) is 2.39. The van der Waals surface area contributed by atoms with E-state index in [0.29, 0.717) is 26.2 Å². The van der Waals surface area contributed by atoms with Gasteiger partial charge in [-0.2, -0.15) is 0 Å². The minimum absolute atomic E-state index is 0.0310. The molecule has 0 radical (unpaired) electrons. The van der Waals surface area contributed by atoms with Gasteiger partial charge in [0.25, 0.3) is 5.91 Å². The highest BCUT2D eigenvalue weighted by atomic mass is 16.5. The number of carbonyl (C=O) groups excluding carboxylic acids is 2. The van der Waals surface area contributed by atoms with Crippen LogP contribution in [0, 0.1) is 0 Å². The van der Waals surface area contributed by atoms with Crippen LogP contribution < -0.4 is 5.32 Å². The molecule has 0 unspecified atom stereocenters. The van der Waals surface area contributed by atoms with Crippen molar-refractivity contribution in [1.82, 2.24) is 5.32 Å². The van der Waals surface area contributed by atoms with E-state index in [1.165, 1.54) is 0 Å². The lowest BCUT2D eigenvalue weighted by Gasteiger charge is -2.09. The monoisotopic (exact) mass is 259 g/mol. The first kappa shape index (κ1) is 14.6. The number of Topliss-reactive ketones (excluding diaryl/α,β-unsaturated/α-hetero) is 1. The number of amides is 1. The van der Waals surface area contributed by atoms with Gasteiger partial charge in [0.2, 0.25) is 0 Å². The van der Waals surface area contributed by atoms with E-state index in [0.717, 1.165) is 0 Å². The highest BCUT2D eigenvalue weighted by Crippen LogP contribution is 2.07. The number of carboxylic acid groups (broad SMARTS) is 1. The average Bonchev–Trinajstić information content (AvgIpc) is 2.73. The molecule has 0 aromatic heterocycles. The number of carbonyl (C=O) groups is 3. The average molecular weight is 259 g/mol. The van der Waals surface area contributed by atoms with Gasteiger partial charge in [-0.1, -0.05) is 0 Å². The summed E-state index contributed by atoms with van der Waals surface area (Å²) in [5, 5.41) is 10.9. The summed E-state index contributed by atoms with van der Waals surface area (Å²) in [7, 11) is 0. The molecular weight excluding hydrogens is 242 g/mol. The number of hydrogen-bond donors (Lipinski definition) is 2. The molecule has 7 nitrogen and oxygen atoms in total. The first-order valence-corrected chi connectivity index (χ1v) is 5.83. The zero-order chi connectivity index (χ0) is 13.4. The Hall–Kier alpha value is -1.47. The van der Waals surface area contributed by atoms with Gasteiger partial charge in [-0.15, -0.1) is 0 Å². The Morgan fingerprint density at radius 1 is 1.44 bits per heavy atom. The Morgan fingerprint density at radius 2 is 2.22 bits per heavy atom. The molecule has 102 valence electrons. The minimum atomic E-state index is -0.960. The summed E-state index contributed by atoms with van der Waals surface area (Å²) in [5.74, 6) is -1.51. The second-order valence-corrected chi connectivity index (χ2v) is 3.87. The molecule has 1 fully saturated rings. The predicted octanol–water partition coefficient (Wildman–Crippen LogP) is -0.658. The molecule has 1 aliphatic rings. The number of ketones is 1. The smallest absolute Gasteiger partial charge is 0.305 e. The Bertz CT molecular complexity index is 317. The number of nitrogens with one attached hydrogen (secondary N) is 1. The minimum Gasteiger partial charge on any atom is -0.481 e. The molecule has 1 saturated heterocycles. The normalized spacial score (nSPS) is 18.9. The second kappa shape index (κ2) is 7.78. The molecule has 0 aromatic carbocycles. The van der Waals surface area contributed by atoms with Crippen LogP contribution in [-0.4, -0.2) is 55.2 Å². The van der Waals surface area contributed by atoms with E-state index < -0.39 is 18.0 Å². The van der Waals surface area contributed by atoms with Gasteiger partial charge in [0, 0.05) is 19.6 Å². The maximum absolute atomic E-state index is 11.5. The van der Waals surface area contributed by atoms with E-state index in [2.05, 4.69) is 5.32 Å². The van der Waals surface area contributed by atoms with Gasteiger partial charge in [-0.05, 0) is 6.42 Å². The van der Waals surface area contributed by atoms with Crippen molar-refractivity contribution in [2.24, 2.45) is 0 Å². The Labute approximate surface area is 104 Å². The van der Waals surface area contributed by atoms with Crippen LogP contribution in [0.1, 0.15) is 19.3 Å². The van der Waals surface area contributed by atoms with Gasteiger partial charge < -0.3 is 19.9 Å². The van der Waals surface area contributed by atoms with Crippen molar-refractivity contribution in [1.29, 1.82) is 0 Å². The van der Waals surface area contributed by atoms with Crippen LogP contribution in [0.2, 0.25) is 0 Å². The van der Waals surface area contributed by atoms with Crippen LogP contribution >= 0.6 is 0 Å². The molecule has 18 heavy (non-hydrogen) atoms. The maximum Gasteiger partial charge on any atom is 0.305 e. The van der Waals surface area contributed by atoms with Crippen molar-refractivity contribution in [3.8, 4) is 0 Å². The lowest BCUT2D eigenvalue weighted by molar-refractivity contribution is -0.138. The van der Waals surface area contributed by atoms with E-state index in [1.807, 2.05) is 0 Å². The standard InChI is InChI=1S/C11H17NO6/c13-8-2-7-18-10(8)11(16)12-4-1-5-17-6-3-9(14)15/h10H,1-7H2,(H,12,16)(H,14,15)/t10-/m1/s1. The van der Waals surface area contributed by atoms with Gasteiger partial charge in [-0.3, -0.25) is 14.4 Å². The molecule has 0 bridgehead atoms. The molecule has 0 aliphatic carbocycles. The quantitative estimate of drug-likeness (QED) is 0.443. The van der Waals surface area contributed by atoms with Crippen LogP contribution in [0.25, 0.3) is 0 Å². The fourth-order valence-corrected chi connectivity index (χ4v) is 1.46. The SMILES string of the molecule is O=C(O)CCOCCCNC(=O)[C@@H]1OCCC1=O. The first-order valence-electron chi connectivity index (χ1n) is 5.83. The van der Waals surface area contributed by atoms with Crippen LogP contribution in [0.15, 0.2) is 0 Å².